The van der Waals surface area contributed by atoms with Crippen LogP contribution in [-0.4, -0.2) is 28.8 Å². The molecule has 21 heavy (non-hydrogen) atoms. The second-order valence-electron chi connectivity index (χ2n) is 4.97. The molecule has 2 unspecified atom stereocenters. The van der Waals surface area contributed by atoms with E-state index in [2.05, 4.69) is 5.32 Å². The van der Waals surface area contributed by atoms with Gasteiger partial charge in [0.1, 0.15) is 6.10 Å². The minimum absolute atomic E-state index is 0.162. The van der Waals surface area contributed by atoms with Crippen molar-refractivity contribution in [3.8, 4) is 0 Å². The van der Waals surface area contributed by atoms with Crippen LogP contribution >= 0.6 is 11.6 Å². The van der Waals surface area contributed by atoms with Crippen molar-refractivity contribution < 1.29 is 15.0 Å². The maximum Gasteiger partial charge on any atom is 0.216 e. The Balaban J connectivity index is 2.23. The average molecular weight is 308 g/mol. The summed E-state index contributed by atoms with van der Waals surface area (Å²) in [5.41, 5.74) is 0.591. The monoisotopic (exact) mass is 307 g/mol. The zero-order chi connectivity index (χ0) is 15.4. The standard InChI is InChI=1S/C16H18ClNO3/c1-10(19)18-9-8-14(20)16(21)12-6-2-4-11-5-3-7-13(17)15(11)12/h2-7,14,16,20-21H,8-9H2,1H3,(H,18,19). The molecule has 2 aromatic rings. The Bertz CT molecular complexity index is 639. The van der Waals surface area contributed by atoms with Gasteiger partial charge in [-0.05, 0) is 23.4 Å². The molecule has 0 aliphatic carbocycles. The minimum Gasteiger partial charge on any atom is -0.390 e. The van der Waals surface area contributed by atoms with Crippen molar-refractivity contribution in [3.05, 3.63) is 47.0 Å². The van der Waals surface area contributed by atoms with Gasteiger partial charge in [0.2, 0.25) is 5.91 Å². The molecule has 0 saturated heterocycles. The van der Waals surface area contributed by atoms with Gasteiger partial charge in [-0.25, -0.2) is 0 Å². The molecule has 0 radical (unpaired) electrons. The van der Waals surface area contributed by atoms with E-state index in [1.807, 2.05) is 24.3 Å². The largest absolute Gasteiger partial charge is 0.390 e. The molecule has 1 amide bonds. The normalized spacial score (nSPS) is 13.9. The number of rotatable bonds is 5. The summed E-state index contributed by atoms with van der Waals surface area (Å²) in [6.45, 7) is 1.72. The van der Waals surface area contributed by atoms with Crippen LogP contribution in [-0.2, 0) is 4.79 Å². The summed E-state index contributed by atoms with van der Waals surface area (Å²) in [4.78, 5) is 10.8. The highest BCUT2D eigenvalue weighted by Gasteiger charge is 2.21. The van der Waals surface area contributed by atoms with Crippen molar-refractivity contribution >= 4 is 28.3 Å². The molecule has 2 atom stereocenters. The van der Waals surface area contributed by atoms with Crippen LogP contribution in [0.2, 0.25) is 5.02 Å². The van der Waals surface area contributed by atoms with Gasteiger partial charge in [-0.2, -0.15) is 0 Å². The molecule has 0 bridgehead atoms. The van der Waals surface area contributed by atoms with Crippen LogP contribution in [0.3, 0.4) is 0 Å². The summed E-state index contributed by atoms with van der Waals surface area (Å²) < 4.78 is 0. The Morgan fingerprint density at radius 3 is 2.57 bits per heavy atom. The number of carbonyl (C=O) groups is 1. The number of aliphatic hydroxyl groups is 2. The predicted octanol–water partition coefficient (Wildman–Crippen LogP) is 2.41. The Hall–Kier alpha value is -1.62. The van der Waals surface area contributed by atoms with E-state index in [1.54, 1.807) is 12.1 Å². The lowest BCUT2D eigenvalue weighted by molar-refractivity contribution is -0.119. The topological polar surface area (TPSA) is 69.6 Å². The third-order valence-electron chi connectivity index (χ3n) is 3.38. The quantitative estimate of drug-likeness (QED) is 0.794. The van der Waals surface area contributed by atoms with Crippen molar-refractivity contribution in [2.45, 2.75) is 25.6 Å². The fourth-order valence-electron chi connectivity index (χ4n) is 2.33. The van der Waals surface area contributed by atoms with E-state index in [0.717, 1.165) is 10.8 Å². The van der Waals surface area contributed by atoms with Crippen LogP contribution in [0.5, 0.6) is 0 Å². The zero-order valence-electron chi connectivity index (χ0n) is 11.7. The van der Waals surface area contributed by atoms with Crippen molar-refractivity contribution in [1.82, 2.24) is 5.32 Å². The Morgan fingerprint density at radius 2 is 1.90 bits per heavy atom. The Kier molecular flexibility index (Phi) is 5.17. The first-order chi connectivity index (χ1) is 10.0. The molecule has 0 aliphatic heterocycles. The van der Waals surface area contributed by atoms with Gasteiger partial charge in [-0.3, -0.25) is 4.79 Å². The maximum absolute atomic E-state index is 10.8. The molecule has 0 aromatic heterocycles. The molecule has 2 aromatic carbocycles. The van der Waals surface area contributed by atoms with Crippen LogP contribution in [0, 0.1) is 0 Å². The van der Waals surface area contributed by atoms with Crippen molar-refractivity contribution in [2.24, 2.45) is 0 Å². The summed E-state index contributed by atoms with van der Waals surface area (Å²) in [6, 6.07) is 11.0. The molecule has 0 spiro atoms. The number of carbonyl (C=O) groups excluding carboxylic acids is 1. The van der Waals surface area contributed by atoms with Gasteiger partial charge >= 0.3 is 0 Å². The number of aliphatic hydroxyl groups excluding tert-OH is 2. The van der Waals surface area contributed by atoms with Crippen LogP contribution in [0.15, 0.2) is 36.4 Å². The third kappa shape index (κ3) is 3.73. The van der Waals surface area contributed by atoms with Gasteiger partial charge in [-0.15, -0.1) is 0 Å². The van der Waals surface area contributed by atoms with Crippen LogP contribution in [0.25, 0.3) is 10.8 Å². The van der Waals surface area contributed by atoms with Crippen LogP contribution < -0.4 is 5.32 Å². The van der Waals surface area contributed by atoms with Gasteiger partial charge in [-0.1, -0.05) is 41.9 Å². The summed E-state index contributed by atoms with van der Waals surface area (Å²) >= 11 is 6.21. The van der Waals surface area contributed by atoms with E-state index in [0.29, 0.717) is 17.1 Å². The van der Waals surface area contributed by atoms with Crippen molar-refractivity contribution in [1.29, 1.82) is 0 Å². The highest BCUT2D eigenvalue weighted by atomic mass is 35.5. The molecule has 5 heteroatoms. The van der Waals surface area contributed by atoms with Crippen molar-refractivity contribution in [2.75, 3.05) is 6.54 Å². The summed E-state index contributed by atoms with van der Waals surface area (Å²) in [5.74, 6) is -0.162. The van der Waals surface area contributed by atoms with Crippen molar-refractivity contribution in [3.63, 3.8) is 0 Å². The van der Waals surface area contributed by atoms with Gasteiger partial charge in [0.25, 0.3) is 0 Å². The highest BCUT2D eigenvalue weighted by Crippen LogP contribution is 2.32. The second kappa shape index (κ2) is 6.89. The summed E-state index contributed by atoms with van der Waals surface area (Å²) in [6.07, 6.45) is -1.76. The maximum atomic E-state index is 10.8. The molecule has 0 fully saturated rings. The molecule has 3 N–H and O–H groups in total. The second-order valence-corrected chi connectivity index (χ2v) is 5.38. The summed E-state index contributed by atoms with van der Waals surface area (Å²) in [5, 5.41) is 25.2. The minimum atomic E-state index is -1.05. The van der Waals surface area contributed by atoms with Gasteiger partial charge in [0, 0.05) is 23.9 Å². The number of hydrogen-bond acceptors (Lipinski definition) is 3. The van der Waals surface area contributed by atoms with E-state index >= 15 is 0 Å². The lowest BCUT2D eigenvalue weighted by Gasteiger charge is -2.20. The number of hydrogen-bond donors (Lipinski definition) is 3. The molecular weight excluding hydrogens is 290 g/mol. The number of halogens is 1. The number of amides is 1. The number of fused-ring (bicyclic) bond motifs is 1. The molecule has 0 saturated carbocycles. The summed E-state index contributed by atoms with van der Waals surface area (Å²) in [7, 11) is 0. The van der Waals surface area contributed by atoms with Crippen LogP contribution in [0.1, 0.15) is 25.0 Å². The fraction of sp³-hybridized carbons (Fsp3) is 0.312. The third-order valence-corrected chi connectivity index (χ3v) is 3.70. The highest BCUT2D eigenvalue weighted by molar-refractivity contribution is 6.35. The Morgan fingerprint density at radius 1 is 1.24 bits per heavy atom. The molecule has 2 rings (SSSR count). The fourth-order valence-corrected chi connectivity index (χ4v) is 2.62. The van der Waals surface area contributed by atoms with E-state index in [4.69, 9.17) is 11.6 Å². The van der Waals surface area contributed by atoms with Gasteiger partial charge in [0.15, 0.2) is 0 Å². The number of nitrogens with one attached hydrogen (secondary N) is 1. The Labute approximate surface area is 128 Å². The number of benzene rings is 2. The smallest absolute Gasteiger partial charge is 0.216 e. The lowest BCUT2D eigenvalue weighted by atomic mass is 9.96. The average Bonchev–Trinajstić information content (AvgIpc) is 2.45. The van der Waals surface area contributed by atoms with E-state index < -0.39 is 12.2 Å². The van der Waals surface area contributed by atoms with Crippen LogP contribution in [0.4, 0.5) is 0 Å². The first-order valence-corrected chi connectivity index (χ1v) is 7.16. The van der Waals surface area contributed by atoms with Gasteiger partial charge < -0.3 is 15.5 Å². The first-order valence-electron chi connectivity index (χ1n) is 6.78. The molecule has 0 heterocycles. The molecule has 112 valence electrons. The van der Waals surface area contributed by atoms with Gasteiger partial charge in [0.05, 0.1) is 6.10 Å². The van der Waals surface area contributed by atoms with E-state index in [1.165, 1.54) is 6.92 Å². The van der Waals surface area contributed by atoms with E-state index in [9.17, 15) is 15.0 Å². The SMILES string of the molecule is CC(=O)NCCC(O)C(O)c1cccc2cccc(Cl)c12. The molecular formula is C16H18ClNO3. The first kappa shape index (κ1) is 15.8. The lowest BCUT2D eigenvalue weighted by Crippen LogP contribution is -2.27. The van der Waals surface area contributed by atoms with E-state index in [-0.39, 0.29) is 12.3 Å². The molecule has 4 nitrogen and oxygen atoms in total. The molecule has 0 aliphatic rings. The zero-order valence-corrected chi connectivity index (χ0v) is 12.5. The predicted molar refractivity (Wildman–Crippen MR) is 83.2 cm³/mol.